The average Bonchev–Trinajstić information content (AvgIpc) is 2.49. The summed E-state index contributed by atoms with van der Waals surface area (Å²) in [5.41, 5.74) is 5.45. The van der Waals surface area contributed by atoms with Gasteiger partial charge in [0.05, 0.1) is 6.04 Å². The van der Waals surface area contributed by atoms with E-state index in [1.807, 2.05) is 6.92 Å². The number of nitrogens with one attached hydrogen (secondary N) is 2. The molecule has 1 aromatic carbocycles. The van der Waals surface area contributed by atoms with Gasteiger partial charge in [0.15, 0.2) is 0 Å². The molecule has 3 nitrogen and oxygen atoms in total. The maximum atomic E-state index is 11.9. The Morgan fingerprint density at radius 3 is 2.32 bits per heavy atom. The van der Waals surface area contributed by atoms with Gasteiger partial charge >= 0.3 is 0 Å². The Bertz CT molecular complexity index is 638. The topological polar surface area (TPSA) is 41.1 Å². The molecule has 0 radical (unpaired) electrons. The van der Waals surface area contributed by atoms with Crippen molar-refractivity contribution in [1.82, 2.24) is 5.32 Å². The van der Waals surface area contributed by atoms with Crippen LogP contribution in [-0.2, 0) is 11.2 Å². The first-order chi connectivity index (χ1) is 11.5. The predicted molar refractivity (Wildman–Crippen MR) is 109 cm³/mol. The highest BCUT2D eigenvalue weighted by Gasteiger charge is 2.14. The molecule has 2 N–H and O–H groups in total. The van der Waals surface area contributed by atoms with E-state index in [2.05, 4.69) is 69.7 Å². The fourth-order valence-corrected chi connectivity index (χ4v) is 2.44. The van der Waals surface area contributed by atoms with Crippen molar-refractivity contribution in [2.75, 3.05) is 11.9 Å². The van der Waals surface area contributed by atoms with E-state index in [-0.39, 0.29) is 11.9 Å². The van der Waals surface area contributed by atoms with Crippen LogP contribution in [0.1, 0.15) is 52.2 Å². The molecule has 0 fully saturated rings. The van der Waals surface area contributed by atoms with Crippen LogP contribution in [0.5, 0.6) is 0 Å². The van der Waals surface area contributed by atoms with Crippen LogP contribution in [-0.4, -0.2) is 18.5 Å². The molecule has 0 aliphatic heterocycles. The van der Waals surface area contributed by atoms with Gasteiger partial charge in [-0.25, -0.2) is 0 Å². The number of hydrogen-bond donors (Lipinski definition) is 2. The maximum Gasteiger partial charge on any atom is 0.246 e. The molecule has 1 rings (SSSR count). The molecule has 0 unspecified atom stereocenters. The summed E-state index contributed by atoms with van der Waals surface area (Å²) in [5.74, 6) is -0.135. The molecule has 0 heterocycles. The first-order valence-corrected chi connectivity index (χ1v) is 8.95. The molecule has 25 heavy (non-hydrogen) atoms. The number of hydrogen-bond acceptors (Lipinski definition) is 2. The van der Waals surface area contributed by atoms with Crippen LogP contribution in [0.25, 0.3) is 0 Å². The van der Waals surface area contributed by atoms with Crippen LogP contribution < -0.4 is 10.6 Å². The number of rotatable bonds is 8. The molecule has 1 aromatic rings. The van der Waals surface area contributed by atoms with Crippen LogP contribution >= 0.6 is 0 Å². The van der Waals surface area contributed by atoms with Gasteiger partial charge in [0, 0.05) is 17.8 Å². The molecule has 0 aliphatic carbocycles. The van der Waals surface area contributed by atoms with Gasteiger partial charge in [-0.3, -0.25) is 4.79 Å². The van der Waals surface area contributed by atoms with Crippen molar-refractivity contribution in [3.63, 3.8) is 0 Å². The standard InChI is InChI=1S/C22H34N2O/c1-15(2)20(24-21(25)16(3)4)14-23-19-10-9-18(13-17(19)5)11-12-22(6,7)8/h9-10,13,20,23H,1,3,11-12,14H2,2,4-8H3,(H,24,25)/t20-/m0/s1. The van der Waals surface area contributed by atoms with Crippen LogP contribution in [0, 0.1) is 12.3 Å². The Morgan fingerprint density at radius 2 is 1.84 bits per heavy atom. The molecule has 0 aliphatic rings. The third-order valence-corrected chi connectivity index (χ3v) is 4.24. The molecule has 0 saturated heterocycles. The average molecular weight is 343 g/mol. The molecule has 138 valence electrons. The highest BCUT2D eigenvalue weighted by molar-refractivity contribution is 5.92. The van der Waals surface area contributed by atoms with Crippen LogP contribution in [0.3, 0.4) is 0 Å². The summed E-state index contributed by atoms with van der Waals surface area (Å²) in [5, 5.41) is 6.39. The van der Waals surface area contributed by atoms with Gasteiger partial charge in [-0.2, -0.15) is 0 Å². The third kappa shape index (κ3) is 7.59. The van der Waals surface area contributed by atoms with Gasteiger partial charge in [0.2, 0.25) is 5.91 Å². The molecule has 0 saturated carbocycles. The van der Waals surface area contributed by atoms with E-state index < -0.39 is 0 Å². The Morgan fingerprint density at radius 1 is 1.20 bits per heavy atom. The van der Waals surface area contributed by atoms with Crippen molar-refractivity contribution in [3.8, 4) is 0 Å². The van der Waals surface area contributed by atoms with Gasteiger partial charge in [0.25, 0.3) is 0 Å². The fourth-order valence-electron chi connectivity index (χ4n) is 2.44. The lowest BCUT2D eigenvalue weighted by Crippen LogP contribution is -2.40. The summed E-state index contributed by atoms with van der Waals surface area (Å²) >= 11 is 0. The van der Waals surface area contributed by atoms with Crippen molar-refractivity contribution in [3.05, 3.63) is 53.6 Å². The zero-order chi connectivity index (χ0) is 19.2. The number of benzene rings is 1. The SMILES string of the molecule is C=C(C)C(=O)N[C@@H](CNc1ccc(CCC(C)(C)C)cc1C)C(=C)C. The van der Waals surface area contributed by atoms with Gasteiger partial charge in [0.1, 0.15) is 0 Å². The van der Waals surface area contributed by atoms with Gasteiger partial charge < -0.3 is 10.6 Å². The molecule has 1 atom stereocenters. The second-order valence-electron chi connectivity index (χ2n) is 8.24. The Labute approximate surface area is 153 Å². The zero-order valence-corrected chi connectivity index (χ0v) is 16.8. The third-order valence-electron chi connectivity index (χ3n) is 4.24. The van der Waals surface area contributed by atoms with Crippen molar-refractivity contribution < 1.29 is 4.79 Å². The number of anilines is 1. The second kappa shape index (κ2) is 8.89. The monoisotopic (exact) mass is 342 g/mol. The summed E-state index contributed by atoms with van der Waals surface area (Å²) in [6.45, 7) is 20.8. The molecular weight excluding hydrogens is 308 g/mol. The number of aryl methyl sites for hydroxylation is 2. The predicted octanol–water partition coefficient (Wildman–Crippen LogP) is 5.02. The van der Waals surface area contributed by atoms with E-state index in [0.29, 0.717) is 17.5 Å². The van der Waals surface area contributed by atoms with Gasteiger partial charge in [-0.15, -0.1) is 0 Å². The van der Waals surface area contributed by atoms with Crippen molar-refractivity contribution in [2.24, 2.45) is 5.41 Å². The first kappa shape index (κ1) is 21.0. The van der Waals surface area contributed by atoms with E-state index in [1.165, 1.54) is 17.5 Å². The lowest BCUT2D eigenvalue weighted by molar-refractivity contribution is -0.117. The maximum absolute atomic E-state index is 11.9. The first-order valence-electron chi connectivity index (χ1n) is 8.95. The summed E-state index contributed by atoms with van der Waals surface area (Å²) in [6, 6.07) is 6.44. The summed E-state index contributed by atoms with van der Waals surface area (Å²) < 4.78 is 0. The Balaban J connectivity index is 2.70. The summed E-state index contributed by atoms with van der Waals surface area (Å²) in [4.78, 5) is 11.9. The number of amides is 1. The molecule has 0 aromatic heterocycles. The van der Waals surface area contributed by atoms with Crippen molar-refractivity contribution in [2.45, 2.75) is 60.4 Å². The molecular formula is C22H34N2O. The Hall–Kier alpha value is -2.03. The largest absolute Gasteiger partial charge is 0.382 e. The summed E-state index contributed by atoms with van der Waals surface area (Å²) in [6.07, 6.45) is 2.26. The summed E-state index contributed by atoms with van der Waals surface area (Å²) in [7, 11) is 0. The lowest BCUT2D eigenvalue weighted by Gasteiger charge is -2.21. The number of carbonyl (C=O) groups is 1. The van der Waals surface area contributed by atoms with Crippen LogP contribution in [0.2, 0.25) is 0 Å². The molecule has 1 amide bonds. The van der Waals surface area contributed by atoms with Crippen molar-refractivity contribution in [1.29, 1.82) is 0 Å². The highest BCUT2D eigenvalue weighted by Crippen LogP contribution is 2.23. The van der Waals surface area contributed by atoms with Crippen molar-refractivity contribution >= 4 is 11.6 Å². The minimum Gasteiger partial charge on any atom is -0.382 e. The second-order valence-corrected chi connectivity index (χ2v) is 8.24. The minimum absolute atomic E-state index is 0.121. The van der Waals surface area contributed by atoms with E-state index in [4.69, 9.17) is 0 Å². The van der Waals surface area contributed by atoms with Gasteiger partial charge in [-0.05, 0) is 56.2 Å². The highest BCUT2D eigenvalue weighted by atomic mass is 16.1. The number of carbonyl (C=O) groups excluding carboxylic acids is 1. The van der Waals surface area contributed by atoms with E-state index >= 15 is 0 Å². The van der Waals surface area contributed by atoms with E-state index in [9.17, 15) is 4.79 Å². The quantitative estimate of drug-likeness (QED) is 0.514. The molecule has 0 spiro atoms. The lowest BCUT2D eigenvalue weighted by atomic mass is 9.88. The van der Waals surface area contributed by atoms with E-state index in [1.54, 1.807) is 6.92 Å². The minimum atomic E-state index is -0.135. The smallest absolute Gasteiger partial charge is 0.246 e. The molecule has 0 bridgehead atoms. The fraction of sp³-hybridized carbons (Fsp3) is 0.500. The van der Waals surface area contributed by atoms with E-state index in [0.717, 1.165) is 17.7 Å². The van der Waals surface area contributed by atoms with Crippen LogP contribution in [0.15, 0.2) is 42.5 Å². The van der Waals surface area contributed by atoms with Crippen LogP contribution in [0.4, 0.5) is 5.69 Å². The zero-order valence-electron chi connectivity index (χ0n) is 16.8. The molecule has 3 heteroatoms. The van der Waals surface area contributed by atoms with Gasteiger partial charge in [-0.1, -0.05) is 51.6 Å². The normalized spacial score (nSPS) is 12.4. The Kier molecular flexibility index (Phi) is 7.47.